The summed E-state index contributed by atoms with van der Waals surface area (Å²) >= 11 is 3.45. The van der Waals surface area contributed by atoms with Crippen molar-refractivity contribution in [2.75, 3.05) is 13.1 Å². The second kappa shape index (κ2) is 6.09. The quantitative estimate of drug-likeness (QED) is 0.855. The van der Waals surface area contributed by atoms with Crippen molar-refractivity contribution in [2.24, 2.45) is 0 Å². The molecule has 2 unspecified atom stereocenters. The van der Waals surface area contributed by atoms with Crippen LogP contribution in [-0.2, 0) is 11.3 Å². The van der Waals surface area contributed by atoms with E-state index in [1.165, 1.54) is 0 Å². The van der Waals surface area contributed by atoms with Crippen LogP contribution in [-0.4, -0.2) is 40.7 Å². The molecule has 0 saturated carbocycles. The molecule has 2 atom stereocenters. The molecule has 1 aromatic heterocycles. The Labute approximate surface area is 122 Å². The Morgan fingerprint density at radius 1 is 1.42 bits per heavy atom. The number of ether oxygens (including phenoxy) is 1. The molecule has 2 rings (SSSR count). The Hall–Kier alpha value is -0.810. The molecule has 0 aromatic carbocycles. The second-order valence-electron chi connectivity index (χ2n) is 5.20. The van der Waals surface area contributed by atoms with Crippen molar-refractivity contribution in [1.29, 1.82) is 0 Å². The van der Waals surface area contributed by atoms with Gasteiger partial charge in [-0.3, -0.25) is 4.79 Å². The predicted molar refractivity (Wildman–Crippen MR) is 78.3 cm³/mol. The molecule has 1 fully saturated rings. The normalized spacial score (nSPS) is 23.7. The Bertz CT molecular complexity index is 448. The van der Waals surface area contributed by atoms with Crippen LogP contribution in [0.25, 0.3) is 0 Å². The summed E-state index contributed by atoms with van der Waals surface area (Å²) in [5.41, 5.74) is 0.759. The lowest BCUT2D eigenvalue weighted by Crippen LogP contribution is -2.48. The molecule has 1 amide bonds. The summed E-state index contributed by atoms with van der Waals surface area (Å²) in [6.07, 6.45) is 3.19. The predicted octanol–water partition coefficient (Wildman–Crippen LogP) is 2.91. The molecule has 1 aliphatic rings. The van der Waals surface area contributed by atoms with Gasteiger partial charge in [0.25, 0.3) is 5.91 Å². The molecule has 1 aliphatic heterocycles. The first-order chi connectivity index (χ1) is 9.01. The van der Waals surface area contributed by atoms with E-state index < -0.39 is 0 Å². The average Bonchev–Trinajstić information content (AvgIpc) is 2.68. The molecule has 0 spiro atoms. The van der Waals surface area contributed by atoms with E-state index in [-0.39, 0.29) is 18.1 Å². The van der Waals surface area contributed by atoms with Crippen molar-refractivity contribution in [2.45, 2.75) is 45.9 Å². The van der Waals surface area contributed by atoms with E-state index in [0.717, 1.165) is 23.1 Å². The van der Waals surface area contributed by atoms with Gasteiger partial charge in [-0.2, -0.15) is 0 Å². The van der Waals surface area contributed by atoms with Gasteiger partial charge < -0.3 is 14.2 Å². The number of carbonyl (C=O) groups is 1. The number of aromatic nitrogens is 1. The highest BCUT2D eigenvalue weighted by molar-refractivity contribution is 9.10. The van der Waals surface area contributed by atoms with Gasteiger partial charge in [0.2, 0.25) is 0 Å². The number of halogens is 1. The van der Waals surface area contributed by atoms with Gasteiger partial charge in [0.05, 0.1) is 12.2 Å². The molecule has 4 nitrogen and oxygen atoms in total. The molecule has 1 aromatic rings. The number of rotatable bonds is 3. The molecule has 106 valence electrons. The lowest BCUT2D eigenvalue weighted by atomic mass is 10.2. The van der Waals surface area contributed by atoms with Crippen LogP contribution in [0, 0.1) is 0 Å². The maximum atomic E-state index is 12.6. The fraction of sp³-hybridized carbons (Fsp3) is 0.643. The molecule has 0 radical (unpaired) electrons. The summed E-state index contributed by atoms with van der Waals surface area (Å²) in [6.45, 7) is 8.33. The SMILES string of the molecule is CCCn1cc(Br)cc1C(=O)N1CC(C)OC(C)C1. The van der Waals surface area contributed by atoms with Crippen LogP contribution in [0.5, 0.6) is 0 Å². The Balaban J connectivity index is 2.18. The summed E-state index contributed by atoms with van der Waals surface area (Å²) in [4.78, 5) is 14.5. The van der Waals surface area contributed by atoms with Crippen molar-refractivity contribution in [1.82, 2.24) is 9.47 Å². The number of carbonyl (C=O) groups excluding carboxylic acids is 1. The van der Waals surface area contributed by atoms with Gasteiger partial charge in [-0.15, -0.1) is 0 Å². The summed E-state index contributed by atoms with van der Waals surface area (Å²) in [7, 11) is 0. The van der Waals surface area contributed by atoms with Crippen LogP contribution in [0.3, 0.4) is 0 Å². The number of amides is 1. The first kappa shape index (κ1) is 14.6. The van der Waals surface area contributed by atoms with E-state index in [9.17, 15) is 4.79 Å². The molecular formula is C14H21BrN2O2. The van der Waals surface area contributed by atoms with Crippen LogP contribution < -0.4 is 0 Å². The number of morpholine rings is 1. The third kappa shape index (κ3) is 3.39. The summed E-state index contributed by atoms with van der Waals surface area (Å²) in [5, 5.41) is 0. The zero-order valence-electron chi connectivity index (χ0n) is 11.7. The standard InChI is InChI=1S/C14H21BrN2O2/c1-4-5-16-9-12(15)6-13(16)14(18)17-7-10(2)19-11(3)8-17/h6,9-11H,4-5,7-8H2,1-3H3. The first-order valence-electron chi connectivity index (χ1n) is 6.81. The Morgan fingerprint density at radius 3 is 2.63 bits per heavy atom. The average molecular weight is 329 g/mol. The van der Waals surface area contributed by atoms with E-state index in [1.54, 1.807) is 0 Å². The monoisotopic (exact) mass is 328 g/mol. The van der Waals surface area contributed by atoms with Crippen LogP contribution in [0.1, 0.15) is 37.7 Å². The van der Waals surface area contributed by atoms with Gasteiger partial charge >= 0.3 is 0 Å². The van der Waals surface area contributed by atoms with Crippen molar-refractivity contribution >= 4 is 21.8 Å². The van der Waals surface area contributed by atoms with Crippen molar-refractivity contribution < 1.29 is 9.53 Å². The maximum absolute atomic E-state index is 12.6. The van der Waals surface area contributed by atoms with Gasteiger partial charge in [0.15, 0.2) is 0 Å². The van der Waals surface area contributed by atoms with Gasteiger partial charge in [-0.1, -0.05) is 6.92 Å². The molecular weight excluding hydrogens is 308 g/mol. The van der Waals surface area contributed by atoms with Crippen molar-refractivity contribution in [3.63, 3.8) is 0 Å². The second-order valence-corrected chi connectivity index (χ2v) is 6.12. The van der Waals surface area contributed by atoms with E-state index in [2.05, 4.69) is 22.9 Å². The fourth-order valence-corrected chi connectivity index (χ4v) is 3.05. The van der Waals surface area contributed by atoms with Crippen molar-refractivity contribution in [3.8, 4) is 0 Å². The van der Waals surface area contributed by atoms with E-state index in [0.29, 0.717) is 13.1 Å². The minimum atomic E-state index is 0.0983. The summed E-state index contributed by atoms with van der Waals surface area (Å²) in [6, 6.07) is 1.91. The largest absolute Gasteiger partial charge is 0.372 e. The Morgan fingerprint density at radius 2 is 2.05 bits per heavy atom. The maximum Gasteiger partial charge on any atom is 0.270 e. The van der Waals surface area contributed by atoms with Gasteiger partial charge in [0, 0.05) is 30.3 Å². The zero-order valence-corrected chi connectivity index (χ0v) is 13.3. The zero-order chi connectivity index (χ0) is 14.0. The van der Waals surface area contributed by atoms with Gasteiger partial charge in [-0.25, -0.2) is 0 Å². The van der Waals surface area contributed by atoms with Crippen LogP contribution >= 0.6 is 15.9 Å². The van der Waals surface area contributed by atoms with Crippen molar-refractivity contribution in [3.05, 3.63) is 22.4 Å². The lowest BCUT2D eigenvalue weighted by molar-refractivity contribution is -0.0588. The number of hydrogen-bond acceptors (Lipinski definition) is 2. The molecule has 0 aliphatic carbocycles. The van der Waals surface area contributed by atoms with E-state index in [1.807, 2.05) is 35.6 Å². The number of aryl methyl sites for hydroxylation is 1. The topological polar surface area (TPSA) is 34.5 Å². The minimum absolute atomic E-state index is 0.0983. The third-order valence-corrected chi connectivity index (χ3v) is 3.69. The highest BCUT2D eigenvalue weighted by Crippen LogP contribution is 2.19. The lowest BCUT2D eigenvalue weighted by Gasteiger charge is -2.35. The highest BCUT2D eigenvalue weighted by Gasteiger charge is 2.28. The number of hydrogen-bond donors (Lipinski definition) is 0. The third-order valence-electron chi connectivity index (χ3n) is 3.25. The van der Waals surface area contributed by atoms with Crippen LogP contribution in [0.4, 0.5) is 0 Å². The summed E-state index contributed by atoms with van der Waals surface area (Å²) in [5.74, 6) is 0.0983. The Kier molecular flexibility index (Phi) is 4.68. The van der Waals surface area contributed by atoms with Crippen LogP contribution in [0.2, 0.25) is 0 Å². The van der Waals surface area contributed by atoms with E-state index >= 15 is 0 Å². The summed E-state index contributed by atoms with van der Waals surface area (Å²) < 4.78 is 8.66. The highest BCUT2D eigenvalue weighted by atomic mass is 79.9. The smallest absolute Gasteiger partial charge is 0.270 e. The molecule has 5 heteroatoms. The van der Waals surface area contributed by atoms with Gasteiger partial charge in [0.1, 0.15) is 5.69 Å². The molecule has 19 heavy (non-hydrogen) atoms. The molecule has 0 bridgehead atoms. The van der Waals surface area contributed by atoms with Gasteiger partial charge in [-0.05, 0) is 42.3 Å². The molecule has 2 heterocycles. The first-order valence-corrected chi connectivity index (χ1v) is 7.61. The van der Waals surface area contributed by atoms with Crippen LogP contribution in [0.15, 0.2) is 16.7 Å². The number of nitrogens with zero attached hydrogens (tertiary/aromatic N) is 2. The molecule has 1 saturated heterocycles. The minimum Gasteiger partial charge on any atom is -0.372 e. The van der Waals surface area contributed by atoms with E-state index in [4.69, 9.17) is 4.74 Å². The fourth-order valence-electron chi connectivity index (χ4n) is 2.59. The molecule has 0 N–H and O–H groups in total.